The number of carbonyl (C=O) groups is 2. The zero-order valence-electron chi connectivity index (χ0n) is 14.5. The van der Waals surface area contributed by atoms with E-state index in [2.05, 4.69) is 10.6 Å². The van der Waals surface area contributed by atoms with E-state index >= 15 is 0 Å². The number of hydrogen-bond acceptors (Lipinski definition) is 4. The molecule has 0 radical (unpaired) electrons. The lowest BCUT2D eigenvalue weighted by molar-refractivity contribution is -0.126. The number of para-hydroxylation sites is 3. The van der Waals surface area contributed by atoms with Gasteiger partial charge in [-0.2, -0.15) is 0 Å². The van der Waals surface area contributed by atoms with Crippen molar-refractivity contribution in [3.05, 3.63) is 54.6 Å². The lowest BCUT2D eigenvalue weighted by Gasteiger charge is -2.13. The third-order valence-corrected chi connectivity index (χ3v) is 3.33. The quantitative estimate of drug-likeness (QED) is 0.724. The Kier molecular flexibility index (Phi) is 6.98. The molecule has 132 valence electrons. The van der Waals surface area contributed by atoms with Crippen molar-refractivity contribution < 1.29 is 14.3 Å². The summed E-state index contributed by atoms with van der Waals surface area (Å²) in [6.45, 7) is 1.23. The summed E-state index contributed by atoms with van der Waals surface area (Å²) in [6.07, 6.45) is -0.229. The van der Waals surface area contributed by atoms with Crippen molar-refractivity contribution in [2.24, 2.45) is 0 Å². The van der Waals surface area contributed by atoms with Gasteiger partial charge in [-0.3, -0.25) is 9.59 Å². The average molecular weight is 341 g/mol. The van der Waals surface area contributed by atoms with Crippen molar-refractivity contribution in [1.29, 1.82) is 0 Å². The first-order chi connectivity index (χ1) is 12.0. The Labute approximate surface area is 147 Å². The minimum absolute atomic E-state index is 0.229. The molecule has 0 heterocycles. The van der Waals surface area contributed by atoms with E-state index in [4.69, 9.17) is 4.74 Å². The summed E-state index contributed by atoms with van der Waals surface area (Å²) in [6, 6.07) is 16.4. The summed E-state index contributed by atoms with van der Waals surface area (Å²) in [4.78, 5) is 25.8. The molecule has 6 nitrogen and oxygen atoms in total. The maximum Gasteiger partial charge on any atom is 0.233 e. The number of rotatable bonds is 8. The highest BCUT2D eigenvalue weighted by Gasteiger charge is 2.12. The third kappa shape index (κ3) is 6.64. The molecule has 25 heavy (non-hydrogen) atoms. The molecule has 2 rings (SSSR count). The van der Waals surface area contributed by atoms with E-state index in [1.54, 1.807) is 18.2 Å². The molecule has 0 unspecified atom stereocenters. The first-order valence-corrected chi connectivity index (χ1v) is 8.08. The Balaban J connectivity index is 1.91. The second-order valence-electron chi connectivity index (χ2n) is 5.79. The van der Waals surface area contributed by atoms with E-state index in [9.17, 15) is 9.59 Å². The molecule has 0 atom stereocenters. The van der Waals surface area contributed by atoms with E-state index in [1.165, 1.54) is 0 Å². The van der Waals surface area contributed by atoms with Crippen LogP contribution in [-0.4, -0.2) is 43.9 Å². The second kappa shape index (κ2) is 9.44. The van der Waals surface area contributed by atoms with Crippen LogP contribution in [0.4, 0.5) is 5.69 Å². The molecule has 2 aromatic rings. The molecule has 0 saturated carbocycles. The van der Waals surface area contributed by atoms with Gasteiger partial charge in [0.05, 0.1) is 5.69 Å². The summed E-state index contributed by atoms with van der Waals surface area (Å²) < 4.78 is 5.79. The third-order valence-electron chi connectivity index (χ3n) is 3.33. The monoisotopic (exact) mass is 341 g/mol. The molecule has 2 N–H and O–H groups in total. The lowest BCUT2D eigenvalue weighted by atomic mass is 10.2. The van der Waals surface area contributed by atoms with Crippen LogP contribution < -0.4 is 15.4 Å². The predicted octanol–water partition coefficient (Wildman–Crippen LogP) is 2.49. The summed E-state index contributed by atoms with van der Waals surface area (Å²) in [5.41, 5.74) is 0.525. The topological polar surface area (TPSA) is 70.7 Å². The van der Waals surface area contributed by atoms with Gasteiger partial charge < -0.3 is 20.3 Å². The van der Waals surface area contributed by atoms with Gasteiger partial charge in [-0.25, -0.2) is 0 Å². The van der Waals surface area contributed by atoms with E-state index in [0.29, 0.717) is 23.7 Å². The maximum atomic E-state index is 12.1. The molecule has 0 spiro atoms. The normalized spacial score (nSPS) is 10.4. The molecule has 2 amide bonds. The summed E-state index contributed by atoms with van der Waals surface area (Å²) in [5.74, 6) is 0.507. The molecule has 0 aliphatic rings. The highest BCUT2D eigenvalue weighted by Crippen LogP contribution is 2.29. The van der Waals surface area contributed by atoms with Crippen molar-refractivity contribution >= 4 is 17.5 Å². The van der Waals surface area contributed by atoms with Crippen molar-refractivity contribution in [3.8, 4) is 11.5 Å². The molecular weight excluding hydrogens is 318 g/mol. The minimum Gasteiger partial charge on any atom is -0.455 e. The van der Waals surface area contributed by atoms with Gasteiger partial charge in [0.1, 0.15) is 12.2 Å². The van der Waals surface area contributed by atoms with E-state index in [0.717, 1.165) is 6.54 Å². The van der Waals surface area contributed by atoms with Crippen LogP contribution >= 0.6 is 0 Å². The highest BCUT2D eigenvalue weighted by molar-refractivity contribution is 6.04. The van der Waals surface area contributed by atoms with Crippen molar-refractivity contribution in [3.63, 3.8) is 0 Å². The highest BCUT2D eigenvalue weighted by atomic mass is 16.5. The molecule has 0 aliphatic carbocycles. The van der Waals surface area contributed by atoms with E-state index in [1.807, 2.05) is 55.4 Å². The smallest absolute Gasteiger partial charge is 0.233 e. The van der Waals surface area contributed by atoms with Crippen LogP contribution in [0.3, 0.4) is 0 Å². The Morgan fingerprint density at radius 2 is 1.64 bits per heavy atom. The molecule has 0 aromatic heterocycles. The van der Waals surface area contributed by atoms with E-state index in [-0.39, 0.29) is 18.2 Å². The van der Waals surface area contributed by atoms with E-state index < -0.39 is 0 Å². The molecule has 2 aromatic carbocycles. The van der Waals surface area contributed by atoms with Gasteiger partial charge in [-0.05, 0) is 38.4 Å². The van der Waals surface area contributed by atoms with Crippen LogP contribution in [0.15, 0.2) is 54.6 Å². The van der Waals surface area contributed by atoms with Gasteiger partial charge in [0, 0.05) is 13.1 Å². The van der Waals surface area contributed by atoms with Crippen LogP contribution in [-0.2, 0) is 9.59 Å². The molecule has 0 saturated heterocycles. The molecule has 0 aliphatic heterocycles. The van der Waals surface area contributed by atoms with Gasteiger partial charge in [0.15, 0.2) is 5.75 Å². The fourth-order valence-electron chi connectivity index (χ4n) is 2.10. The number of amides is 2. The summed E-state index contributed by atoms with van der Waals surface area (Å²) in [5, 5.41) is 5.44. The molecule has 0 bridgehead atoms. The van der Waals surface area contributed by atoms with Crippen molar-refractivity contribution in [2.75, 3.05) is 32.5 Å². The maximum absolute atomic E-state index is 12.1. The Morgan fingerprint density at radius 1 is 0.960 bits per heavy atom. The van der Waals surface area contributed by atoms with Crippen LogP contribution in [0, 0.1) is 0 Å². The van der Waals surface area contributed by atoms with Crippen LogP contribution in [0.5, 0.6) is 11.5 Å². The SMILES string of the molecule is CN(C)CCNC(=O)CC(=O)Nc1ccccc1Oc1ccccc1. The Morgan fingerprint density at radius 3 is 2.36 bits per heavy atom. The fourth-order valence-corrected chi connectivity index (χ4v) is 2.10. The van der Waals surface area contributed by atoms with Gasteiger partial charge in [0.25, 0.3) is 0 Å². The van der Waals surface area contributed by atoms with Crippen LogP contribution in [0.1, 0.15) is 6.42 Å². The standard InChI is InChI=1S/C19H23N3O3/c1-22(2)13-12-20-18(23)14-19(24)21-16-10-6-7-11-17(16)25-15-8-4-3-5-9-15/h3-11H,12-14H2,1-2H3,(H,20,23)(H,21,24). The summed E-state index contributed by atoms with van der Waals surface area (Å²) in [7, 11) is 3.84. The van der Waals surface area contributed by atoms with Gasteiger partial charge in [0.2, 0.25) is 11.8 Å². The number of benzene rings is 2. The van der Waals surface area contributed by atoms with Crippen LogP contribution in [0.25, 0.3) is 0 Å². The fraction of sp³-hybridized carbons (Fsp3) is 0.263. The first kappa shape index (κ1) is 18.5. The average Bonchev–Trinajstić information content (AvgIpc) is 2.57. The van der Waals surface area contributed by atoms with Gasteiger partial charge in [-0.1, -0.05) is 30.3 Å². The molecule has 6 heteroatoms. The van der Waals surface area contributed by atoms with Crippen molar-refractivity contribution in [1.82, 2.24) is 10.2 Å². The first-order valence-electron chi connectivity index (χ1n) is 8.08. The Hall–Kier alpha value is -2.86. The lowest BCUT2D eigenvalue weighted by Crippen LogP contribution is -2.33. The predicted molar refractivity (Wildman–Crippen MR) is 97.8 cm³/mol. The zero-order chi connectivity index (χ0) is 18.1. The molecule has 0 fully saturated rings. The zero-order valence-corrected chi connectivity index (χ0v) is 14.5. The largest absolute Gasteiger partial charge is 0.455 e. The number of carbonyl (C=O) groups excluding carboxylic acids is 2. The van der Waals surface area contributed by atoms with Crippen molar-refractivity contribution in [2.45, 2.75) is 6.42 Å². The van der Waals surface area contributed by atoms with Crippen LogP contribution in [0.2, 0.25) is 0 Å². The summed E-state index contributed by atoms with van der Waals surface area (Å²) >= 11 is 0. The number of likely N-dealkylation sites (N-methyl/N-ethyl adjacent to an activating group) is 1. The second-order valence-corrected chi connectivity index (χ2v) is 5.79. The minimum atomic E-state index is -0.383. The molecular formula is C19H23N3O3. The Bertz CT molecular complexity index is 702. The number of hydrogen-bond donors (Lipinski definition) is 2. The number of nitrogens with zero attached hydrogens (tertiary/aromatic N) is 1. The van der Waals surface area contributed by atoms with Gasteiger partial charge >= 0.3 is 0 Å². The number of anilines is 1. The number of ether oxygens (including phenoxy) is 1. The van der Waals surface area contributed by atoms with Gasteiger partial charge in [-0.15, -0.1) is 0 Å². The number of nitrogens with one attached hydrogen (secondary N) is 2.